The molecule has 0 bridgehead atoms. The fourth-order valence-corrected chi connectivity index (χ4v) is 1.48. The van der Waals surface area contributed by atoms with E-state index in [9.17, 15) is 0 Å². The number of hydrogen-bond acceptors (Lipinski definition) is 1. The molecule has 0 radical (unpaired) electrons. The number of aliphatic imine (C=N–C) groups is 1. The zero-order valence-corrected chi connectivity index (χ0v) is 10.7. The van der Waals surface area contributed by atoms with Gasteiger partial charge in [0.2, 0.25) is 0 Å². The van der Waals surface area contributed by atoms with Crippen LogP contribution in [0.4, 0.5) is 0 Å². The summed E-state index contributed by atoms with van der Waals surface area (Å²) in [6.07, 6.45) is 1.85. The average molecular weight is 196 g/mol. The first kappa shape index (κ1) is 13.2. The van der Waals surface area contributed by atoms with E-state index in [1.54, 1.807) is 0 Å². The average Bonchev–Trinajstić information content (AvgIpc) is 1.94. The van der Waals surface area contributed by atoms with Crippen molar-refractivity contribution in [1.82, 2.24) is 4.90 Å². The highest BCUT2D eigenvalue weighted by molar-refractivity contribution is 5.88. The van der Waals surface area contributed by atoms with Crippen LogP contribution in [-0.2, 0) is 0 Å². The fraction of sp³-hybridized carbons (Fsp3) is 0.750. The highest BCUT2D eigenvalue weighted by Crippen LogP contribution is 2.25. The second-order valence-electron chi connectivity index (χ2n) is 5.52. The van der Waals surface area contributed by atoms with Crippen molar-refractivity contribution < 1.29 is 0 Å². The van der Waals surface area contributed by atoms with Gasteiger partial charge in [0.15, 0.2) is 0 Å². The number of rotatable bonds is 1. The van der Waals surface area contributed by atoms with Gasteiger partial charge in [0.05, 0.1) is 0 Å². The summed E-state index contributed by atoms with van der Waals surface area (Å²) in [4.78, 5) is 6.50. The summed E-state index contributed by atoms with van der Waals surface area (Å²) in [7, 11) is 1.84. The molecule has 14 heavy (non-hydrogen) atoms. The molecule has 0 atom stereocenters. The van der Waals surface area contributed by atoms with Crippen molar-refractivity contribution in [2.24, 2.45) is 10.4 Å². The summed E-state index contributed by atoms with van der Waals surface area (Å²) in [6, 6.07) is 0. The summed E-state index contributed by atoms with van der Waals surface area (Å²) in [6.45, 7) is 16.8. The Morgan fingerprint density at radius 2 is 1.57 bits per heavy atom. The van der Waals surface area contributed by atoms with Crippen molar-refractivity contribution in [3.63, 3.8) is 0 Å². The van der Waals surface area contributed by atoms with Gasteiger partial charge in [-0.05, 0) is 27.0 Å². The Labute approximate surface area is 88.7 Å². The Kier molecular flexibility index (Phi) is 3.92. The number of hydrogen-bond donors (Lipinski definition) is 0. The first-order valence-corrected chi connectivity index (χ1v) is 5.03. The largest absolute Gasteiger partial charge is 0.332 e. The molecule has 2 nitrogen and oxygen atoms in total. The standard InChI is InChI=1S/C12H24N2/c1-9-14(12(5,6)7)10(13-8)11(2,3)4/h9H,1H2,2-8H3/b13-10-. The molecule has 0 aliphatic rings. The lowest BCUT2D eigenvalue weighted by Crippen LogP contribution is -2.46. The Balaban J connectivity index is 5.13. The quantitative estimate of drug-likeness (QED) is 0.464. The highest BCUT2D eigenvalue weighted by atomic mass is 15.2. The van der Waals surface area contributed by atoms with Gasteiger partial charge in [-0.3, -0.25) is 4.99 Å². The lowest BCUT2D eigenvalue weighted by atomic mass is 9.91. The van der Waals surface area contributed by atoms with Crippen molar-refractivity contribution in [3.8, 4) is 0 Å². The molecule has 0 saturated heterocycles. The topological polar surface area (TPSA) is 15.6 Å². The fourth-order valence-electron chi connectivity index (χ4n) is 1.48. The SMILES string of the molecule is C=CN(/C(=N\C)C(C)(C)C)C(C)(C)C. The van der Waals surface area contributed by atoms with Gasteiger partial charge < -0.3 is 4.90 Å². The smallest absolute Gasteiger partial charge is 0.108 e. The molecule has 0 fully saturated rings. The van der Waals surface area contributed by atoms with Crippen molar-refractivity contribution in [2.45, 2.75) is 47.1 Å². The van der Waals surface area contributed by atoms with Crippen molar-refractivity contribution in [1.29, 1.82) is 0 Å². The van der Waals surface area contributed by atoms with E-state index < -0.39 is 0 Å². The molecule has 0 heterocycles. The predicted molar refractivity (Wildman–Crippen MR) is 64.6 cm³/mol. The summed E-state index contributed by atoms with van der Waals surface area (Å²) in [5, 5.41) is 0. The molecule has 0 unspecified atom stereocenters. The van der Waals surface area contributed by atoms with E-state index >= 15 is 0 Å². The van der Waals surface area contributed by atoms with E-state index in [0.717, 1.165) is 5.84 Å². The first-order chi connectivity index (χ1) is 6.14. The van der Waals surface area contributed by atoms with E-state index in [1.807, 2.05) is 13.2 Å². The van der Waals surface area contributed by atoms with Gasteiger partial charge in [-0.25, -0.2) is 0 Å². The maximum absolute atomic E-state index is 4.37. The van der Waals surface area contributed by atoms with Crippen LogP contribution in [0.3, 0.4) is 0 Å². The van der Waals surface area contributed by atoms with Gasteiger partial charge >= 0.3 is 0 Å². The van der Waals surface area contributed by atoms with E-state index in [2.05, 4.69) is 58.0 Å². The molecule has 0 amide bonds. The van der Waals surface area contributed by atoms with Gasteiger partial charge in [-0.2, -0.15) is 0 Å². The lowest BCUT2D eigenvalue weighted by molar-refractivity contribution is 0.286. The summed E-state index contributed by atoms with van der Waals surface area (Å²) >= 11 is 0. The molecule has 0 aliphatic heterocycles. The van der Waals surface area contributed by atoms with Crippen LogP contribution in [0.25, 0.3) is 0 Å². The van der Waals surface area contributed by atoms with Crippen LogP contribution in [-0.4, -0.2) is 23.3 Å². The van der Waals surface area contributed by atoms with Crippen LogP contribution in [0, 0.1) is 5.41 Å². The van der Waals surface area contributed by atoms with Crippen LogP contribution in [0.15, 0.2) is 17.8 Å². The maximum atomic E-state index is 4.37. The molecule has 0 spiro atoms. The zero-order valence-electron chi connectivity index (χ0n) is 10.7. The van der Waals surface area contributed by atoms with E-state index in [1.165, 1.54) is 0 Å². The van der Waals surface area contributed by atoms with Crippen molar-refractivity contribution >= 4 is 5.84 Å². The highest BCUT2D eigenvalue weighted by Gasteiger charge is 2.29. The molecule has 0 aliphatic carbocycles. The van der Waals surface area contributed by atoms with E-state index in [0.29, 0.717) is 0 Å². The van der Waals surface area contributed by atoms with Crippen LogP contribution in [0.5, 0.6) is 0 Å². The third-order valence-corrected chi connectivity index (χ3v) is 2.02. The van der Waals surface area contributed by atoms with Gasteiger partial charge in [0, 0.05) is 18.0 Å². The summed E-state index contributed by atoms with van der Waals surface area (Å²) < 4.78 is 0. The molecule has 0 rings (SSSR count). The molecular formula is C12H24N2. The van der Waals surface area contributed by atoms with Gasteiger partial charge in [-0.15, -0.1) is 0 Å². The van der Waals surface area contributed by atoms with Gasteiger partial charge in [0.25, 0.3) is 0 Å². The Morgan fingerprint density at radius 3 is 1.64 bits per heavy atom. The zero-order chi connectivity index (χ0) is 11.6. The Morgan fingerprint density at radius 1 is 1.14 bits per heavy atom. The molecular weight excluding hydrogens is 172 g/mol. The Bertz CT molecular complexity index is 226. The Hall–Kier alpha value is -0.790. The van der Waals surface area contributed by atoms with E-state index in [4.69, 9.17) is 0 Å². The minimum Gasteiger partial charge on any atom is -0.332 e. The third-order valence-electron chi connectivity index (χ3n) is 2.02. The summed E-state index contributed by atoms with van der Waals surface area (Å²) in [5.74, 6) is 1.07. The number of amidine groups is 1. The molecule has 0 saturated carbocycles. The third kappa shape index (κ3) is 3.17. The summed E-state index contributed by atoms with van der Waals surface area (Å²) in [5.41, 5.74) is 0.0834. The molecule has 0 aromatic rings. The lowest BCUT2D eigenvalue weighted by Gasteiger charge is -2.40. The van der Waals surface area contributed by atoms with Crippen LogP contribution in [0.1, 0.15) is 41.5 Å². The van der Waals surface area contributed by atoms with Crippen molar-refractivity contribution in [3.05, 3.63) is 12.8 Å². The minimum absolute atomic E-state index is 0.0316. The second-order valence-corrected chi connectivity index (χ2v) is 5.52. The van der Waals surface area contributed by atoms with E-state index in [-0.39, 0.29) is 11.0 Å². The maximum Gasteiger partial charge on any atom is 0.108 e. The molecule has 0 N–H and O–H groups in total. The monoisotopic (exact) mass is 196 g/mol. The molecule has 2 heteroatoms. The molecule has 0 aromatic carbocycles. The molecule has 0 aromatic heterocycles. The predicted octanol–water partition coefficient (Wildman–Crippen LogP) is 3.30. The van der Waals surface area contributed by atoms with Gasteiger partial charge in [0.1, 0.15) is 5.84 Å². The van der Waals surface area contributed by atoms with Crippen LogP contribution in [0.2, 0.25) is 0 Å². The first-order valence-electron chi connectivity index (χ1n) is 5.03. The number of nitrogens with zero attached hydrogens (tertiary/aromatic N) is 2. The van der Waals surface area contributed by atoms with Gasteiger partial charge in [-0.1, -0.05) is 27.4 Å². The second kappa shape index (κ2) is 4.16. The normalized spacial score (nSPS) is 14.1. The van der Waals surface area contributed by atoms with Crippen molar-refractivity contribution in [2.75, 3.05) is 7.05 Å². The van der Waals surface area contributed by atoms with Crippen LogP contribution < -0.4 is 0 Å². The van der Waals surface area contributed by atoms with Crippen LogP contribution >= 0.6 is 0 Å². The minimum atomic E-state index is 0.0316. The molecule has 82 valence electrons.